The van der Waals surface area contributed by atoms with Crippen LogP contribution in [0.4, 0.5) is 0 Å². The zero-order valence-corrected chi connectivity index (χ0v) is 9.36. The molecular formula is C10H10ClN3O2. The minimum absolute atomic E-state index is 0.110. The molecule has 2 aromatic heterocycles. The second-order valence-electron chi connectivity index (χ2n) is 3.18. The molecule has 2 heterocycles. The normalized spacial score (nSPS) is 10.7. The number of pyridine rings is 1. The molecule has 0 aliphatic rings. The van der Waals surface area contributed by atoms with Crippen LogP contribution in [0.2, 0.25) is 5.15 Å². The van der Waals surface area contributed by atoms with Crippen LogP contribution in [-0.4, -0.2) is 28.8 Å². The van der Waals surface area contributed by atoms with Crippen LogP contribution in [0.15, 0.2) is 18.3 Å². The Labute approximate surface area is 96.8 Å². The molecule has 0 saturated heterocycles. The van der Waals surface area contributed by atoms with Crippen molar-refractivity contribution in [2.24, 2.45) is 5.73 Å². The molecule has 0 bridgehead atoms. The van der Waals surface area contributed by atoms with Gasteiger partial charge in [0.15, 0.2) is 5.78 Å². The van der Waals surface area contributed by atoms with Gasteiger partial charge in [-0.15, -0.1) is 0 Å². The van der Waals surface area contributed by atoms with E-state index in [0.29, 0.717) is 11.4 Å². The van der Waals surface area contributed by atoms with E-state index in [4.69, 9.17) is 22.1 Å². The summed E-state index contributed by atoms with van der Waals surface area (Å²) in [6.45, 7) is -0.110. The molecule has 84 valence electrons. The van der Waals surface area contributed by atoms with Gasteiger partial charge in [0.05, 0.1) is 19.9 Å². The predicted molar refractivity (Wildman–Crippen MR) is 60.1 cm³/mol. The summed E-state index contributed by atoms with van der Waals surface area (Å²) in [5.74, 6) is 0.353. The molecule has 0 aliphatic carbocycles. The first-order valence-electron chi connectivity index (χ1n) is 4.62. The van der Waals surface area contributed by atoms with Gasteiger partial charge in [-0.25, -0.2) is 4.98 Å². The van der Waals surface area contributed by atoms with E-state index in [1.165, 1.54) is 0 Å². The van der Waals surface area contributed by atoms with Gasteiger partial charge in [-0.2, -0.15) is 0 Å². The van der Waals surface area contributed by atoms with Crippen LogP contribution in [0.5, 0.6) is 5.75 Å². The van der Waals surface area contributed by atoms with Gasteiger partial charge in [0.2, 0.25) is 0 Å². The molecule has 2 aromatic rings. The first-order chi connectivity index (χ1) is 7.67. The number of Topliss-reactive ketones (excluding diaryl/α,β-unsaturated/α-hetero) is 1. The van der Waals surface area contributed by atoms with Crippen molar-refractivity contribution in [1.82, 2.24) is 9.38 Å². The largest absolute Gasteiger partial charge is 0.495 e. The summed E-state index contributed by atoms with van der Waals surface area (Å²) in [4.78, 5) is 15.5. The molecule has 0 aliphatic heterocycles. The highest BCUT2D eigenvalue weighted by Gasteiger charge is 2.16. The number of carbonyl (C=O) groups excluding carboxylic acids is 1. The quantitative estimate of drug-likeness (QED) is 0.816. The lowest BCUT2D eigenvalue weighted by Gasteiger charge is -2.00. The first kappa shape index (κ1) is 10.9. The van der Waals surface area contributed by atoms with Gasteiger partial charge in [-0.05, 0) is 12.1 Å². The fraction of sp³-hybridized carbons (Fsp3) is 0.200. The van der Waals surface area contributed by atoms with Crippen molar-refractivity contribution < 1.29 is 9.53 Å². The number of nitrogens with two attached hydrogens (primary N) is 1. The van der Waals surface area contributed by atoms with Gasteiger partial charge in [0.1, 0.15) is 22.2 Å². The maximum atomic E-state index is 11.4. The standard InChI is InChI=1S/C10H10ClN3O2/c1-16-6-2-3-8-13-9(7(15)4-12)10(11)14(8)5-6/h2-3,5H,4,12H2,1H3. The fourth-order valence-corrected chi connectivity index (χ4v) is 1.67. The number of carbonyl (C=O) groups is 1. The van der Waals surface area contributed by atoms with Crippen molar-refractivity contribution in [2.45, 2.75) is 0 Å². The number of rotatable bonds is 3. The highest BCUT2D eigenvalue weighted by molar-refractivity contribution is 6.33. The van der Waals surface area contributed by atoms with Crippen molar-refractivity contribution in [3.63, 3.8) is 0 Å². The number of halogens is 1. The molecular weight excluding hydrogens is 230 g/mol. The van der Waals surface area contributed by atoms with E-state index in [0.717, 1.165) is 0 Å². The summed E-state index contributed by atoms with van der Waals surface area (Å²) >= 11 is 6.03. The Morgan fingerprint density at radius 2 is 2.38 bits per heavy atom. The number of ether oxygens (including phenoxy) is 1. The molecule has 2 rings (SSSR count). The van der Waals surface area contributed by atoms with Crippen molar-refractivity contribution >= 4 is 23.0 Å². The molecule has 6 heteroatoms. The number of nitrogens with zero attached hydrogens (tertiary/aromatic N) is 2. The Bertz CT molecular complexity index is 550. The summed E-state index contributed by atoms with van der Waals surface area (Å²) in [6.07, 6.45) is 1.66. The molecule has 0 amide bonds. The van der Waals surface area contributed by atoms with E-state index in [2.05, 4.69) is 4.98 Å². The van der Waals surface area contributed by atoms with Crippen LogP contribution < -0.4 is 10.5 Å². The van der Waals surface area contributed by atoms with Gasteiger partial charge in [-0.3, -0.25) is 9.20 Å². The molecule has 0 spiro atoms. The molecule has 0 unspecified atom stereocenters. The molecule has 0 fully saturated rings. The maximum Gasteiger partial charge on any atom is 0.197 e. The summed E-state index contributed by atoms with van der Waals surface area (Å²) in [7, 11) is 1.55. The minimum atomic E-state index is -0.285. The topological polar surface area (TPSA) is 69.6 Å². The monoisotopic (exact) mass is 239 g/mol. The smallest absolute Gasteiger partial charge is 0.197 e. The molecule has 0 aromatic carbocycles. The van der Waals surface area contributed by atoms with E-state index >= 15 is 0 Å². The number of imidazole rings is 1. The molecule has 0 atom stereocenters. The van der Waals surface area contributed by atoms with Crippen molar-refractivity contribution in [3.8, 4) is 5.75 Å². The molecule has 5 nitrogen and oxygen atoms in total. The number of methoxy groups -OCH3 is 1. The van der Waals surface area contributed by atoms with Crippen LogP contribution in [-0.2, 0) is 0 Å². The van der Waals surface area contributed by atoms with E-state index in [9.17, 15) is 4.79 Å². The third-order valence-corrected chi connectivity index (χ3v) is 2.58. The Morgan fingerprint density at radius 3 is 3.00 bits per heavy atom. The lowest BCUT2D eigenvalue weighted by Crippen LogP contribution is -2.14. The van der Waals surface area contributed by atoms with Crippen molar-refractivity contribution in [3.05, 3.63) is 29.2 Å². The van der Waals surface area contributed by atoms with E-state index in [-0.39, 0.29) is 23.2 Å². The number of ketones is 1. The SMILES string of the molecule is COc1ccc2nc(C(=O)CN)c(Cl)n2c1. The van der Waals surface area contributed by atoms with Gasteiger partial charge in [-0.1, -0.05) is 11.6 Å². The van der Waals surface area contributed by atoms with Crippen LogP contribution in [0.25, 0.3) is 5.65 Å². The van der Waals surface area contributed by atoms with E-state index < -0.39 is 0 Å². The average molecular weight is 240 g/mol. The van der Waals surface area contributed by atoms with Crippen LogP contribution in [0.1, 0.15) is 10.5 Å². The predicted octanol–water partition coefficient (Wildman–Crippen LogP) is 1.14. The zero-order valence-electron chi connectivity index (χ0n) is 8.61. The molecule has 0 saturated carbocycles. The number of hydrogen-bond acceptors (Lipinski definition) is 4. The van der Waals surface area contributed by atoms with Crippen molar-refractivity contribution in [2.75, 3.05) is 13.7 Å². The molecule has 2 N–H and O–H groups in total. The third-order valence-electron chi connectivity index (χ3n) is 2.22. The summed E-state index contributed by atoms with van der Waals surface area (Å²) in [5.41, 5.74) is 6.05. The third kappa shape index (κ3) is 1.64. The molecule has 0 radical (unpaired) electrons. The van der Waals surface area contributed by atoms with Crippen LogP contribution in [0.3, 0.4) is 0 Å². The van der Waals surface area contributed by atoms with E-state index in [1.54, 1.807) is 29.8 Å². The van der Waals surface area contributed by atoms with E-state index in [1.807, 2.05) is 0 Å². The first-order valence-corrected chi connectivity index (χ1v) is 5.00. The van der Waals surface area contributed by atoms with Crippen LogP contribution in [0, 0.1) is 0 Å². The number of hydrogen-bond donors (Lipinski definition) is 1. The Morgan fingerprint density at radius 1 is 1.62 bits per heavy atom. The second kappa shape index (κ2) is 4.11. The Balaban J connectivity index is 2.64. The average Bonchev–Trinajstić information content (AvgIpc) is 2.65. The summed E-state index contributed by atoms with van der Waals surface area (Å²) in [5, 5.41) is 0.254. The lowest BCUT2D eigenvalue weighted by molar-refractivity contribution is 0.0997. The number of fused-ring (bicyclic) bond motifs is 1. The van der Waals surface area contributed by atoms with Gasteiger partial charge < -0.3 is 10.5 Å². The fourth-order valence-electron chi connectivity index (χ4n) is 1.39. The Kier molecular flexibility index (Phi) is 2.80. The summed E-state index contributed by atoms with van der Waals surface area (Å²) < 4.78 is 6.64. The van der Waals surface area contributed by atoms with Gasteiger partial charge >= 0.3 is 0 Å². The van der Waals surface area contributed by atoms with Crippen LogP contribution >= 0.6 is 11.6 Å². The minimum Gasteiger partial charge on any atom is -0.495 e. The molecule has 16 heavy (non-hydrogen) atoms. The Hall–Kier alpha value is -1.59. The highest BCUT2D eigenvalue weighted by atomic mass is 35.5. The summed E-state index contributed by atoms with van der Waals surface area (Å²) in [6, 6.07) is 3.47. The lowest BCUT2D eigenvalue weighted by atomic mass is 10.3. The highest BCUT2D eigenvalue weighted by Crippen LogP contribution is 2.21. The maximum absolute atomic E-state index is 11.4. The van der Waals surface area contributed by atoms with Gasteiger partial charge in [0, 0.05) is 0 Å². The second-order valence-corrected chi connectivity index (χ2v) is 3.53. The van der Waals surface area contributed by atoms with Gasteiger partial charge in [0.25, 0.3) is 0 Å². The van der Waals surface area contributed by atoms with Crippen molar-refractivity contribution in [1.29, 1.82) is 0 Å². The zero-order chi connectivity index (χ0) is 11.7. The number of aromatic nitrogens is 2.